The minimum absolute atomic E-state index is 0.154. The molecule has 0 aromatic heterocycles. The summed E-state index contributed by atoms with van der Waals surface area (Å²) in [6.07, 6.45) is 0. The molecule has 0 saturated carbocycles. The summed E-state index contributed by atoms with van der Waals surface area (Å²) in [7, 11) is 0. The first-order chi connectivity index (χ1) is 7.43. The lowest BCUT2D eigenvalue weighted by atomic mass is 10.2. The maximum absolute atomic E-state index is 11.1. The fourth-order valence-corrected chi connectivity index (χ4v) is 0.791. The second kappa shape index (κ2) is 7.73. The Labute approximate surface area is 96.2 Å². The molecule has 0 aliphatic heterocycles. The lowest BCUT2D eigenvalue weighted by Gasteiger charge is -2.09. The first-order valence-corrected chi connectivity index (χ1v) is 5.27. The van der Waals surface area contributed by atoms with Gasteiger partial charge in [0.1, 0.15) is 6.61 Å². The third kappa shape index (κ3) is 7.84. The van der Waals surface area contributed by atoms with Crippen LogP contribution in [0.1, 0.15) is 20.8 Å². The van der Waals surface area contributed by atoms with Gasteiger partial charge in [0, 0.05) is 12.1 Å². The molecule has 2 N–H and O–H groups in total. The smallest absolute Gasteiger partial charge is 0.333 e. The second-order valence-corrected chi connectivity index (χ2v) is 3.95. The maximum atomic E-state index is 11.1. The van der Waals surface area contributed by atoms with Crippen molar-refractivity contribution in [3.8, 4) is 0 Å². The van der Waals surface area contributed by atoms with Gasteiger partial charge in [-0.25, -0.2) is 9.59 Å². The summed E-state index contributed by atoms with van der Waals surface area (Å²) in [5.41, 5.74) is 0.351. The number of hydrogen-bond acceptors (Lipinski definition) is 3. The number of rotatable bonds is 6. The summed E-state index contributed by atoms with van der Waals surface area (Å²) in [6, 6.07) is -0.250. The van der Waals surface area contributed by atoms with Crippen molar-refractivity contribution < 1.29 is 14.3 Å². The maximum Gasteiger partial charge on any atom is 0.333 e. The fourth-order valence-electron chi connectivity index (χ4n) is 0.791. The highest BCUT2D eigenvalue weighted by Gasteiger charge is 2.03. The van der Waals surface area contributed by atoms with Gasteiger partial charge in [-0.05, 0) is 12.8 Å². The van der Waals surface area contributed by atoms with E-state index in [4.69, 9.17) is 4.74 Å². The number of esters is 1. The van der Waals surface area contributed by atoms with Crippen LogP contribution >= 0.6 is 0 Å². The fraction of sp³-hybridized carbons (Fsp3) is 0.636. The molecular formula is C11H20N2O3. The molecule has 5 heteroatoms. The highest BCUT2D eigenvalue weighted by Crippen LogP contribution is 1.90. The summed E-state index contributed by atoms with van der Waals surface area (Å²) in [4.78, 5) is 22.1. The van der Waals surface area contributed by atoms with Crippen LogP contribution in [0.25, 0.3) is 0 Å². The number of ether oxygens (including phenoxy) is 1. The van der Waals surface area contributed by atoms with Crippen LogP contribution in [-0.4, -0.2) is 31.7 Å². The molecule has 0 atom stereocenters. The quantitative estimate of drug-likeness (QED) is 0.406. The Morgan fingerprint density at radius 2 is 1.94 bits per heavy atom. The minimum Gasteiger partial charge on any atom is -0.460 e. The van der Waals surface area contributed by atoms with Crippen molar-refractivity contribution >= 4 is 12.0 Å². The van der Waals surface area contributed by atoms with Crippen molar-refractivity contribution in [1.82, 2.24) is 10.6 Å². The average molecular weight is 228 g/mol. The van der Waals surface area contributed by atoms with Crippen molar-refractivity contribution in [3.05, 3.63) is 12.2 Å². The van der Waals surface area contributed by atoms with Gasteiger partial charge in [-0.15, -0.1) is 0 Å². The zero-order valence-corrected chi connectivity index (χ0v) is 10.1. The van der Waals surface area contributed by atoms with Gasteiger partial charge in [-0.2, -0.15) is 0 Å². The number of amides is 2. The summed E-state index contributed by atoms with van der Waals surface area (Å²) >= 11 is 0. The Morgan fingerprint density at radius 3 is 2.44 bits per heavy atom. The van der Waals surface area contributed by atoms with Crippen LogP contribution in [0.4, 0.5) is 4.79 Å². The van der Waals surface area contributed by atoms with Crippen LogP contribution in [0.15, 0.2) is 12.2 Å². The van der Waals surface area contributed by atoms with E-state index in [0.717, 1.165) is 0 Å². The molecule has 0 saturated heterocycles. The van der Waals surface area contributed by atoms with Gasteiger partial charge >= 0.3 is 12.0 Å². The summed E-state index contributed by atoms with van der Waals surface area (Å²) in [6.45, 7) is 10.1. The third-order valence-corrected chi connectivity index (χ3v) is 1.64. The lowest BCUT2D eigenvalue weighted by Crippen LogP contribution is -2.39. The third-order valence-electron chi connectivity index (χ3n) is 1.64. The van der Waals surface area contributed by atoms with Crippen LogP contribution < -0.4 is 10.6 Å². The van der Waals surface area contributed by atoms with Gasteiger partial charge in [-0.1, -0.05) is 20.4 Å². The number of carbonyl (C=O) groups is 2. The molecule has 16 heavy (non-hydrogen) atoms. The molecule has 92 valence electrons. The van der Waals surface area contributed by atoms with E-state index >= 15 is 0 Å². The van der Waals surface area contributed by atoms with E-state index in [2.05, 4.69) is 17.2 Å². The van der Waals surface area contributed by atoms with Crippen LogP contribution in [0.5, 0.6) is 0 Å². The summed E-state index contributed by atoms with van der Waals surface area (Å²) in [5, 5.41) is 5.26. The van der Waals surface area contributed by atoms with Gasteiger partial charge in [0.2, 0.25) is 0 Å². The van der Waals surface area contributed by atoms with E-state index in [-0.39, 0.29) is 12.6 Å². The molecule has 5 nitrogen and oxygen atoms in total. The van der Waals surface area contributed by atoms with E-state index in [1.165, 1.54) is 0 Å². The molecule has 2 amide bonds. The van der Waals surface area contributed by atoms with Crippen LogP contribution in [-0.2, 0) is 9.53 Å². The standard InChI is InChI=1S/C11H20N2O3/c1-8(2)7-13-11(15)12-5-6-16-10(14)9(3)4/h8H,3,5-7H2,1-2,4H3,(H2,12,13,15). The minimum atomic E-state index is -0.440. The summed E-state index contributed by atoms with van der Waals surface area (Å²) < 4.78 is 4.80. The summed E-state index contributed by atoms with van der Waals surface area (Å²) in [5.74, 6) is -0.0311. The number of hydrogen-bond donors (Lipinski definition) is 2. The van der Waals surface area contributed by atoms with Crippen molar-refractivity contribution in [2.45, 2.75) is 20.8 Å². The van der Waals surface area contributed by atoms with Gasteiger partial charge in [-0.3, -0.25) is 0 Å². The number of nitrogens with one attached hydrogen (secondary N) is 2. The van der Waals surface area contributed by atoms with Crippen molar-refractivity contribution in [2.24, 2.45) is 5.92 Å². The Balaban J connectivity index is 3.48. The monoisotopic (exact) mass is 228 g/mol. The lowest BCUT2D eigenvalue weighted by molar-refractivity contribution is -0.138. The second-order valence-electron chi connectivity index (χ2n) is 3.95. The number of urea groups is 1. The van der Waals surface area contributed by atoms with Crippen LogP contribution in [0, 0.1) is 5.92 Å². The van der Waals surface area contributed by atoms with E-state index in [1.54, 1.807) is 6.92 Å². The topological polar surface area (TPSA) is 67.4 Å². The predicted octanol–water partition coefficient (Wildman–Crippen LogP) is 1.06. The normalized spacial score (nSPS) is 9.75. The molecule has 0 aromatic rings. The van der Waals surface area contributed by atoms with Crippen molar-refractivity contribution in [3.63, 3.8) is 0 Å². The van der Waals surface area contributed by atoms with Gasteiger partial charge < -0.3 is 15.4 Å². The average Bonchev–Trinajstić information content (AvgIpc) is 2.20. The first-order valence-electron chi connectivity index (χ1n) is 5.27. The Bertz CT molecular complexity index is 262. The molecule has 0 spiro atoms. The molecule has 0 fully saturated rings. The molecule has 0 aromatic carbocycles. The van der Waals surface area contributed by atoms with Crippen molar-refractivity contribution in [1.29, 1.82) is 0 Å². The molecule has 0 radical (unpaired) electrons. The first kappa shape index (κ1) is 14.5. The highest BCUT2D eigenvalue weighted by atomic mass is 16.5. The zero-order valence-electron chi connectivity index (χ0n) is 10.1. The molecule has 0 bridgehead atoms. The Hall–Kier alpha value is -1.52. The predicted molar refractivity (Wildman–Crippen MR) is 62.0 cm³/mol. The largest absolute Gasteiger partial charge is 0.460 e. The van der Waals surface area contributed by atoms with E-state index in [1.807, 2.05) is 13.8 Å². The molecule has 0 aliphatic rings. The Kier molecular flexibility index (Phi) is 7.00. The Morgan fingerprint density at radius 1 is 1.31 bits per heavy atom. The molecular weight excluding hydrogens is 208 g/mol. The van der Waals surface area contributed by atoms with Crippen molar-refractivity contribution in [2.75, 3.05) is 19.7 Å². The van der Waals surface area contributed by atoms with Gasteiger partial charge in [0.05, 0.1) is 6.54 Å². The van der Waals surface area contributed by atoms with Gasteiger partial charge in [0.25, 0.3) is 0 Å². The SMILES string of the molecule is C=C(C)C(=O)OCCNC(=O)NCC(C)C. The van der Waals surface area contributed by atoms with Crippen LogP contribution in [0.2, 0.25) is 0 Å². The molecule has 0 unspecified atom stereocenters. The molecule has 0 rings (SSSR count). The number of carbonyl (C=O) groups excluding carboxylic acids is 2. The molecule has 0 heterocycles. The zero-order chi connectivity index (χ0) is 12.6. The van der Waals surface area contributed by atoms with Gasteiger partial charge in [0.15, 0.2) is 0 Å². The highest BCUT2D eigenvalue weighted by molar-refractivity contribution is 5.86. The van der Waals surface area contributed by atoms with E-state index in [9.17, 15) is 9.59 Å². The van der Waals surface area contributed by atoms with E-state index < -0.39 is 5.97 Å². The van der Waals surface area contributed by atoms with Crippen LogP contribution in [0.3, 0.4) is 0 Å². The van der Waals surface area contributed by atoms with E-state index in [0.29, 0.717) is 24.6 Å². The molecule has 0 aliphatic carbocycles.